The maximum Gasteiger partial charge on any atom is 0.285 e. The number of non-ortho nitro benzene ring substituents is 1. The first kappa shape index (κ1) is 19.0. The Bertz CT molecular complexity index is 1110. The number of benzene rings is 1. The normalized spacial score (nSPS) is 18.4. The number of hydrogen-bond donors (Lipinski definition) is 0. The Balaban J connectivity index is 1.60. The number of thiocarbonyl (C=S) groups is 1. The van der Waals surface area contributed by atoms with Crippen LogP contribution >= 0.6 is 24.0 Å². The number of rotatable bonds is 4. The molecule has 3 amide bonds. The molecule has 2 aliphatic heterocycles. The van der Waals surface area contributed by atoms with Crippen molar-refractivity contribution in [2.45, 2.75) is 12.8 Å². The topological polar surface area (TPSA) is 114 Å². The van der Waals surface area contributed by atoms with Gasteiger partial charge >= 0.3 is 0 Å². The molecule has 0 N–H and O–H groups in total. The highest BCUT2D eigenvalue weighted by atomic mass is 32.2. The number of amides is 3. The Morgan fingerprint density at radius 1 is 1.10 bits per heavy atom. The van der Waals surface area contributed by atoms with Crippen LogP contribution in [0.25, 0.3) is 17.4 Å². The van der Waals surface area contributed by atoms with E-state index in [0.29, 0.717) is 17.1 Å². The molecule has 0 unspecified atom stereocenters. The Morgan fingerprint density at radius 3 is 2.52 bits per heavy atom. The van der Waals surface area contributed by atoms with Crippen LogP contribution < -0.4 is 0 Å². The monoisotopic (exact) mass is 429 g/mol. The summed E-state index contributed by atoms with van der Waals surface area (Å²) in [6, 6.07) is 9.20. The number of nitrogens with zero attached hydrogens (tertiary/aromatic N) is 3. The van der Waals surface area contributed by atoms with Gasteiger partial charge in [-0.05, 0) is 24.4 Å². The number of hydrazine groups is 1. The zero-order valence-electron chi connectivity index (χ0n) is 14.6. The molecule has 4 rings (SSSR count). The van der Waals surface area contributed by atoms with Crippen molar-refractivity contribution in [2.75, 3.05) is 0 Å². The fraction of sp³-hybridized carbons (Fsp3) is 0.111. The zero-order chi connectivity index (χ0) is 20.7. The number of furan rings is 1. The molecule has 9 nitrogen and oxygen atoms in total. The summed E-state index contributed by atoms with van der Waals surface area (Å²) in [6.07, 6.45) is 1.53. The van der Waals surface area contributed by atoms with Crippen LogP contribution in [-0.2, 0) is 14.4 Å². The fourth-order valence-corrected chi connectivity index (χ4v) is 4.13. The van der Waals surface area contributed by atoms with Crippen LogP contribution in [0.1, 0.15) is 18.6 Å². The van der Waals surface area contributed by atoms with E-state index in [4.69, 9.17) is 16.6 Å². The summed E-state index contributed by atoms with van der Waals surface area (Å²) >= 11 is 6.11. The second kappa shape index (κ2) is 7.26. The second-order valence-electron chi connectivity index (χ2n) is 6.10. The SMILES string of the molecule is O=C1CCC(=O)N1N1C(=O)/C(=C/c2ccc(-c3cccc([N+](=O)[O-])c3)o2)SC1=S. The molecule has 2 aromatic rings. The molecule has 1 aromatic carbocycles. The maximum atomic E-state index is 12.7. The van der Waals surface area contributed by atoms with Crippen molar-refractivity contribution in [2.24, 2.45) is 0 Å². The lowest BCUT2D eigenvalue weighted by molar-refractivity contribution is -0.384. The van der Waals surface area contributed by atoms with E-state index in [1.54, 1.807) is 24.3 Å². The van der Waals surface area contributed by atoms with Crippen LogP contribution in [0.4, 0.5) is 5.69 Å². The first-order chi connectivity index (χ1) is 13.8. The minimum atomic E-state index is -0.586. The highest BCUT2D eigenvalue weighted by Gasteiger charge is 2.44. The molecule has 29 heavy (non-hydrogen) atoms. The smallest absolute Gasteiger partial charge is 0.285 e. The average Bonchev–Trinajstić information content (AvgIpc) is 3.36. The molecule has 2 aliphatic rings. The summed E-state index contributed by atoms with van der Waals surface area (Å²) < 4.78 is 5.76. The van der Waals surface area contributed by atoms with Crippen molar-refractivity contribution in [3.8, 4) is 11.3 Å². The highest BCUT2D eigenvalue weighted by Crippen LogP contribution is 2.36. The van der Waals surface area contributed by atoms with Gasteiger partial charge in [0.2, 0.25) is 11.8 Å². The van der Waals surface area contributed by atoms with Gasteiger partial charge in [0.1, 0.15) is 11.5 Å². The number of imide groups is 1. The van der Waals surface area contributed by atoms with E-state index in [-0.39, 0.29) is 27.8 Å². The minimum Gasteiger partial charge on any atom is -0.457 e. The van der Waals surface area contributed by atoms with Gasteiger partial charge in [-0.3, -0.25) is 24.5 Å². The molecule has 11 heteroatoms. The van der Waals surface area contributed by atoms with Crippen molar-refractivity contribution in [3.63, 3.8) is 0 Å². The van der Waals surface area contributed by atoms with Gasteiger partial charge in [-0.2, -0.15) is 10.0 Å². The molecule has 0 aliphatic carbocycles. The molecule has 0 bridgehead atoms. The van der Waals surface area contributed by atoms with Gasteiger partial charge in [0, 0.05) is 36.6 Å². The third-order valence-corrected chi connectivity index (χ3v) is 5.52. The maximum absolute atomic E-state index is 12.7. The second-order valence-corrected chi connectivity index (χ2v) is 7.78. The molecule has 1 aromatic heterocycles. The van der Waals surface area contributed by atoms with Crippen molar-refractivity contribution in [1.29, 1.82) is 0 Å². The van der Waals surface area contributed by atoms with E-state index in [9.17, 15) is 24.5 Å². The molecular weight excluding hydrogens is 418 g/mol. The summed E-state index contributed by atoms with van der Waals surface area (Å²) in [6.45, 7) is 0. The van der Waals surface area contributed by atoms with Crippen molar-refractivity contribution in [1.82, 2.24) is 10.0 Å². The largest absolute Gasteiger partial charge is 0.457 e. The highest BCUT2D eigenvalue weighted by molar-refractivity contribution is 8.26. The number of nitro groups is 1. The van der Waals surface area contributed by atoms with Gasteiger partial charge < -0.3 is 4.42 Å². The summed E-state index contributed by atoms with van der Waals surface area (Å²) in [5.74, 6) is -0.819. The van der Waals surface area contributed by atoms with Crippen LogP contribution in [0.3, 0.4) is 0 Å². The lowest BCUT2D eigenvalue weighted by Crippen LogP contribution is -2.48. The van der Waals surface area contributed by atoms with Crippen molar-refractivity contribution < 1.29 is 23.7 Å². The van der Waals surface area contributed by atoms with Gasteiger partial charge in [0.25, 0.3) is 11.6 Å². The number of carbonyl (C=O) groups is 3. The van der Waals surface area contributed by atoms with Gasteiger partial charge in [-0.1, -0.05) is 23.9 Å². The molecule has 0 saturated carbocycles. The predicted molar refractivity (Wildman–Crippen MR) is 107 cm³/mol. The van der Waals surface area contributed by atoms with E-state index < -0.39 is 22.6 Å². The molecule has 0 radical (unpaired) electrons. The molecular formula is C18H11N3O6S2. The minimum absolute atomic E-state index is 0.0414. The molecule has 2 fully saturated rings. The van der Waals surface area contributed by atoms with Crippen LogP contribution in [-0.4, -0.2) is 37.0 Å². The molecule has 0 atom stereocenters. The van der Waals surface area contributed by atoms with E-state index in [2.05, 4.69) is 0 Å². The van der Waals surface area contributed by atoms with Gasteiger partial charge in [0.15, 0.2) is 4.32 Å². The molecule has 3 heterocycles. The lowest BCUT2D eigenvalue weighted by Gasteiger charge is -2.23. The Kier molecular flexibility index (Phi) is 4.76. The standard InChI is InChI=1S/C18H11N3O6S2/c22-15-6-7-16(23)19(15)20-17(24)14(29-18(20)28)9-12-4-5-13(27-12)10-2-1-3-11(8-10)21(25)26/h1-5,8-9H,6-7H2/b14-9-. The predicted octanol–water partition coefficient (Wildman–Crippen LogP) is 3.12. The number of hydrogen-bond acceptors (Lipinski definition) is 8. The summed E-state index contributed by atoms with van der Waals surface area (Å²) in [7, 11) is 0. The number of carbonyl (C=O) groups excluding carboxylic acids is 3. The quantitative estimate of drug-likeness (QED) is 0.239. The molecule has 0 spiro atoms. The fourth-order valence-electron chi connectivity index (χ4n) is 2.91. The van der Waals surface area contributed by atoms with E-state index in [0.717, 1.165) is 21.8 Å². The first-order valence-electron chi connectivity index (χ1n) is 8.33. The summed E-state index contributed by atoms with van der Waals surface area (Å²) in [4.78, 5) is 47.1. The van der Waals surface area contributed by atoms with Gasteiger partial charge in [0.05, 0.1) is 9.83 Å². The van der Waals surface area contributed by atoms with Gasteiger partial charge in [-0.25, -0.2) is 0 Å². The Morgan fingerprint density at radius 2 is 1.83 bits per heavy atom. The third-order valence-electron chi connectivity index (χ3n) is 4.24. The molecule has 146 valence electrons. The van der Waals surface area contributed by atoms with Crippen molar-refractivity contribution in [3.05, 3.63) is 57.2 Å². The van der Waals surface area contributed by atoms with Crippen LogP contribution in [0, 0.1) is 10.1 Å². The van der Waals surface area contributed by atoms with E-state index in [1.807, 2.05) is 0 Å². The lowest BCUT2D eigenvalue weighted by atomic mass is 10.1. The van der Waals surface area contributed by atoms with E-state index >= 15 is 0 Å². The third kappa shape index (κ3) is 3.45. The Labute approximate surface area is 173 Å². The first-order valence-corrected chi connectivity index (χ1v) is 9.56. The van der Waals surface area contributed by atoms with Gasteiger partial charge in [-0.15, -0.1) is 0 Å². The average molecular weight is 429 g/mol. The zero-order valence-corrected chi connectivity index (χ0v) is 16.2. The summed E-state index contributed by atoms with van der Waals surface area (Å²) in [5, 5.41) is 12.6. The number of thioether (sulfide) groups is 1. The Hall–Kier alpha value is -3.31. The molecule has 2 saturated heterocycles. The number of nitro benzene ring substituents is 1. The van der Waals surface area contributed by atoms with Crippen LogP contribution in [0.15, 0.2) is 45.7 Å². The van der Waals surface area contributed by atoms with Crippen LogP contribution in [0.5, 0.6) is 0 Å². The van der Waals surface area contributed by atoms with Crippen molar-refractivity contribution >= 4 is 57.8 Å². The van der Waals surface area contributed by atoms with E-state index in [1.165, 1.54) is 18.2 Å². The summed E-state index contributed by atoms with van der Waals surface area (Å²) in [5.41, 5.74) is 0.445. The van der Waals surface area contributed by atoms with Crippen LogP contribution in [0.2, 0.25) is 0 Å².